The Balaban J connectivity index is 1.69. The molecule has 2 saturated heterocycles. The van der Waals surface area contributed by atoms with E-state index in [4.69, 9.17) is 4.74 Å². The molecule has 0 aromatic heterocycles. The summed E-state index contributed by atoms with van der Waals surface area (Å²) in [4.78, 5) is 18.0. The third kappa shape index (κ3) is 4.11. The summed E-state index contributed by atoms with van der Waals surface area (Å²) in [5.41, 5.74) is 0.942. The molecule has 1 aromatic carbocycles. The zero-order valence-corrected chi connectivity index (χ0v) is 16.5. The van der Waals surface area contributed by atoms with Gasteiger partial charge in [-0.15, -0.1) is 0 Å². The normalized spacial score (nSPS) is 23.0. The Kier molecular flexibility index (Phi) is 6.00. The number of piperazine rings is 1. The Hall–Kier alpha value is -1.43. The Morgan fingerprint density at radius 1 is 1.15 bits per heavy atom. The molecule has 2 heterocycles. The Morgan fingerprint density at radius 2 is 1.85 bits per heavy atom. The topological polar surface area (TPSA) is 44.8 Å². The minimum atomic E-state index is -0.350. The number of piperidine rings is 1. The summed E-state index contributed by atoms with van der Waals surface area (Å²) in [7, 11) is 1.71. The Labute approximate surface area is 157 Å². The minimum absolute atomic E-state index is 0.0368. The van der Waals surface area contributed by atoms with Crippen LogP contribution in [0.2, 0.25) is 0 Å². The van der Waals surface area contributed by atoms with Gasteiger partial charge in [-0.05, 0) is 45.3 Å². The van der Waals surface area contributed by atoms with Gasteiger partial charge in [-0.1, -0.05) is 30.3 Å². The predicted octanol–water partition coefficient (Wildman–Crippen LogP) is 2.13. The number of nitrogens with zero attached hydrogens (tertiary/aromatic N) is 2. The van der Waals surface area contributed by atoms with Crippen LogP contribution in [0.5, 0.6) is 0 Å². The van der Waals surface area contributed by atoms with Crippen LogP contribution in [0.25, 0.3) is 0 Å². The summed E-state index contributed by atoms with van der Waals surface area (Å²) < 4.78 is 5.46. The van der Waals surface area contributed by atoms with Gasteiger partial charge in [-0.3, -0.25) is 9.69 Å². The van der Waals surface area contributed by atoms with Crippen molar-refractivity contribution in [1.82, 2.24) is 15.1 Å². The maximum Gasteiger partial charge on any atom is 0.231 e. The molecule has 2 aliphatic heterocycles. The van der Waals surface area contributed by atoms with E-state index in [9.17, 15) is 4.79 Å². The third-order valence-electron chi connectivity index (χ3n) is 6.01. The van der Waals surface area contributed by atoms with Gasteiger partial charge >= 0.3 is 0 Å². The monoisotopic (exact) mass is 359 g/mol. The zero-order valence-electron chi connectivity index (χ0n) is 16.5. The van der Waals surface area contributed by atoms with Crippen LogP contribution < -0.4 is 5.32 Å². The van der Waals surface area contributed by atoms with Crippen LogP contribution in [0.4, 0.5) is 0 Å². The molecule has 2 fully saturated rings. The van der Waals surface area contributed by atoms with Gasteiger partial charge in [0.15, 0.2) is 0 Å². The number of carbonyl (C=O) groups excluding carboxylic acids is 1. The zero-order chi connectivity index (χ0) is 18.6. The Bertz CT molecular complexity index is 591. The summed E-state index contributed by atoms with van der Waals surface area (Å²) in [6.07, 6.45) is 1.73. The van der Waals surface area contributed by atoms with Crippen LogP contribution in [0.3, 0.4) is 0 Å². The van der Waals surface area contributed by atoms with E-state index in [1.165, 1.54) is 5.56 Å². The van der Waals surface area contributed by atoms with Crippen molar-refractivity contribution in [3.05, 3.63) is 35.9 Å². The summed E-state index contributed by atoms with van der Waals surface area (Å²) in [5.74, 6) is 0.285. The molecule has 1 aromatic rings. The van der Waals surface area contributed by atoms with Crippen molar-refractivity contribution in [1.29, 1.82) is 0 Å². The molecule has 0 aliphatic carbocycles. The van der Waals surface area contributed by atoms with Gasteiger partial charge in [0.2, 0.25) is 5.91 Å². The second-order valence-electron chi connectivity index (χ2n) is 8.41. The van der Waals surface area contributed by atoms with Crippen LogP contribution in [-0.2, 0) is 16.1 Å². The van der Waals surface area contributed by atoms with Crippen molar-refractivity contribution in [2.45, 2.75) is 38.8 Å². The van der Waals surface area contributed by atoms with Gasteiger partial charge < -0.3 is 15.0 Å². The van der Waals surface area contributed by atoms with Crippen molar-refractivity contribution < 1.29 is 9.53 Å². The van der Waals surface area contributed by atoms with E-state index in [1.807, 2.05) is 0 Å². The van der Waals surface area contributed by atoms with Crippen molar-refractivity contribution >= 4 is 5.91 Å². The number of carbonyl (C=O) groups is 1. The standard InChI is InChI=1S/C21H33N3O2/c1-20(2)16-23(13-14-24(20)15-18-7-5-4-6-8-18)19(25)21(17-26-3)9-11-22-12-10-21/h4-8,22H,9-17H2,1-3H3. The fraction of sp³-hybridized carbons (Fsp3) is 0.667. The van der Waals surface area contributed by atoms with Crippen LogP contribution >= 0.6 is 0 Å². The van der Waals surface area contributed by atoms with Gasteiger partial charge in [0, 0.05) is 38.8 Å². The largest absolute Gasteiger partial charge is 0.384 e. The molecular weight excluding hydrogens is 326 g/mol. The molecule has 5 nitrogen and oxygen atoms in total. The lowest BCUT2D eigenvalue weighted by atomic mass is 9.77. The quantitative estimate of drug-likeness (QED) is 0.875. The number of nitrogens with one attached hydrogen (secondary N) is 1. The maximum atomic E-state index is 13.4. The molecule has 1 N–H and O–H groups in total. The van der Waals surface area contributed by atoms with E-state index < -0.39 is 0 Å². The van der Waals surface area contributed by atoms with Crippen molar-refractivity contribution in [2.75, 3.05) is 46.4 Å². The lowest BCUT2D eigenvalue weighted by molar-refractivity contribution is -0.153. The fourth-order valence-electron chi connectivity index (χ4n) is 4.40. The van der Waals surface area contributed by atoms with Crippen molar-refractivity contribution in [2.24, 2.45) is 5.41 Å². The van der Waals surface area contributed by atoms with Gasteiger partial charge in [-0.2, -0.15) is 0 Å². The van der Waals surface area contributed by atoms with Crippen LogP contribution in [0.15, 0.2) is 30.3 Å². The first-order valence-corrected chi connectivity index (χ1v) is 9.75. The first kappa shape index (κ1) is 19.3. The molecular formula is C21H33N3O2. The second kappa shape index (κ2) is 8.07. The minimum Gasteiger partial charge on any atom is -0.384 e. The molecule has 0 saturated carbocycles. The highest BCUT2D eigenvalue weighted by atomic mass is 16.5. The van der Waals surface area contributed by atoms with Gasteiger partial charge in [-0.25, -0.2) is 0 Å². The van der Waals surface area contributed by atoms with Crippen LogP contribution in [-0.4, -0.2) is 67.7 Å². The van der Waals surface area contributed by atoms with Gasteiger partial charge in [0.25, 0.3) is 0 Å². The summed E-state index contributed by atoms with van der Waals surface area (Å²) in [6.45, 7) is 10.2. The molecule has 3 rings (SSSR count). The molecule has 0 atom stereocenters. The van der Waals surface area contributed by atoms with Crippen LogP contribution in [0, 0.1) is 5.41 Å². The highest BCUT2D eigenvalue weighted by molar-refractivity contribution is 5.83. The number of rotatable bonds is 5. The summed E-state index contributed by atoms with van der Waals surface area (Å²) >= 11 is 0. The highest BCUT2D eigenvalue weighted by Gasteiger charge is 2.45. The molecule has 144 valence electrons. The van der Waals surface area contributed by atoms with E-state index >= 15 is 0 Å². The number of methoxy groups -OCH3 is 1. The predicted molar refractivity (Wildman–Crippen MR) is 104 cm³/mol. The average molecular weight is 360 g/mol. The van der Waals surface area contributed by atoms with E-state index in [0.717, 1.165) is 52.1 Å². The first-order chi connectivity index (χ1) is 12.5. The van der Waals surface area contributed by atoms with Gasteiger partial charge in [0.05, 0.1) is 12.0 Å². The highest BCUT2D eigenvalue weighted by Crippen LogP contribution is 2.34. The second-order valence-corrected chi connectivity index (χ2v) is 8.41. The van der Waals surface area contributed by atoms with E-state index in [2.05, 4.69) is 59.3 Å². The summed E-state index contributed by atoms with van der Waals surface area (Å²) in [5, 5.41) is 3.37. The first-order valence-electron chi connectivity index (χ1n) is 9.75. The Morgan fingerprint density at radius 3 is 2.46 bits per heavy atom. The lowest BCUT2D eigenvalue weighted by Crippen LogP contribution is -2.63. The van der Waals surface area contributed by atoms with E-state index in [-0.39, 0.29) is 16.9 Å². The number of hydrogen-bond donors (Lipinski definition) is 1. The van der Waals surface area contributed by atoms with Crippen molar-refractivity contribution in [3.8, 4) is 0 Å². The molecule has 0 bridgehead atoms. The SMILES string of the molecule is COCC1(C(=O)N2CCN(Cc3ccccc3)C(C)(C)C2)CCNCC1. The van der Waals surface area contributed by atoms with Crippen molar-refractivity contribution in [3.63, 3.8) is 0 Å². The maximum absolute atomic E-state index is 13.4. The van der Waals surface area contributed by atoms with E-state index in [1.54, 1.807) is 7.11 Å². The molecule has 0 unspecified atom stereocenters. The summed E-state index contributed by atoms with van der Waals surface area (Å²) in [6, 6.07) is 10.6. The molecule has 2 aliphatic rings. The number of hydrogen-bond acceptors (Lipinski definition) is 4. The number of amides is 1. The number of benzene rings is 1. The van der Waals surface area contributed by atoms with Crippen LogP contribution in [0.1, 0.15) is 32.3 Å². The molecule has 26 heavy (non-hydrogen) atoms. The molecule has 0 radical (unpaired) electrons. The molecule has 5 heteroatoms. The third-order valence-corrected chi connectivity index (χ3v) is 6.01. The number of ether oxygens (including phenoxy) is 1. The average Bonchev–Trinajstić information content (AvgIpc) is 2.64. The lowest BCUT2D eigenvalue weighted by Gasteiger charge is -2.50. The van der Waals surface area contributed by atoms with Gasteiger partial charge in [0.1, 0.15) is 0 Å². The van der Waals surface area contributed by atoms with E-state index in [0.29, 0.717) is 6.61 Å². The fourth-order valence-corrected chi connectivity index (χ4v) is 4.40. The molecule has 0 spiro atoms. The smallest absolute Gasteiger partial charge is 0.231 e. The molecule has 1 amide bonds.